The van der Waals surface area contributed by atoms with E-state index in [9.17, 15) is 4.79 Å². The van der Waals surface area contributed by atoms with E-state index in [2.05, 4.69) is 5.10 Å². The maximum atomic E-state index is 12.4. The Morgan fingerprint density at radius 2 is 1.77 bits per heavy atom. The van der Waals surface area contributed by atoms with Crippen molar-refractivity contribution in [1.29, 1.82) is 0 Å². The van der Waals surface area contributed by atoms with E-state index < -0.39 is 30.0 Å². The largest absolute Gasteiger partial charge is 0.494 e. The summed E-state index contributed by atoms with van der Waals surface area (Å²) in [6.45, 7) is 13.4. The monoisotopic (exact) mass is 359 g/mol. The van der Waals surface area contributed by atoms with Gasteiger partial charge in [-0.05, 0) is 66.1 Å². The molecule has 1 aliphatic heterocycles. The average Bonchev–Trinajstić information content (AvgIpc) is 2.91. The van der Waals surface area contributed by atoms with Crippen LogP contribution >= 0.6 is 0 Å². The molecule has 0 bridgehead atoms. The molecule has 0 radical (unpaired) electrons. The molecule has 7 nitrogen and oxygen atoms in total. The number of aromatic nitrogens is 2. The lowest BCUT2D eigenvalue weighted by molar-refractivity contribution is 0.00578. The van der Waals surface area contributed by atoms with Crippen molar-refractivity contribution in [2.24, 2.45) is 0 Å². The van der Waals surface area contributed by atoms with Crippen molar-refractivity contribution in [3.63, 3.8) is 0 Å². The molecule has 140 valence electrons. The highest BCUT2D eigenvalue weighted by atomic mass is 16.7. The summed E-state index contributed by atoms with van der Waals surface area (Å²) in [5, 5.41) is 4.79. The van der Waals surface area contributed by atoms with E-state index in [1.54, 1.807) is 26.8 Å². The fourth-order valence-electron chi connectivity index (χ4n) is 2.73. The fourth-order valence-corrected chi connectivity index (χ4v) is 2.73. The molecule has 8 heteroatoms. The number of rotatable bonds is 1. The minimum atomic E-state index is -0.618. The number of benzene rings is 1. The predicted molar refractivity (Wildman–Crippen MR) is 101 cm³/mol. The Morgan fingerprint density at radius 1 is 1.19 bits per heavy atom. The van der Waals surface area contributed by atoms with Crippen molar-refractivity contribution >= 4 is 35.4 Å². The van der Waals surface area contributed by atoms with Gasteiger partial charge in [-0.15, -0.1) is 5.10 Å². The fraction of sp³-hybridized carbons (Fsp3) is 0.556. The van der Waals surface area contributed by atoms with E-state index in [0.29, 0.717) is 10.9 Å². The molecule has 3 rings (SSSR count). The number of ether oxygens (including phenoxy) is 1. The zero-order chi connectivity index (χ0) is 19.5. The van der Waals surface area contributed by atoms with Gasteiger partial charge in [-0.3, -0.25) is 0 Å². The van der Waals surface area contributed by atoms with Gasteiger partial charge >= 0.3 is 13.2 Å². The Hall–Kier alpha value is -2.06. The van der Waals surface area contributed by atoms with Crippen LogP contribution in [-0.2, 0) is 14.0 Å². The molecule has 2 N–H and O–H groups in total. The quantitative estimate of drug-likeness (QED) is 0.788. The first kappa shape index (κ1) is 18.7. The highest BCUT2D eigenvalue weighted by Gasteiger charge is 2.51. The number of nitrogens with two attached hydrogens (primary N) is 1. The highest BCUT2D eigenvalue weighted by Crippen LogP contribution is 2.36. The minimum absolute atomic E-state index is 0.254. The Bertz CT molecular complexity index is 851. The summed E-state index contributed by atoms with van der Waals surface area (Å²) in [5.74, 6) is 0.254. The van der Waals surface area contributed by atoms with Crippen LogP contribution in [0.4, 0.5) is 10.6 Å². The molecular formula is C18H26BN3O4. The first-order valence-corrected chi connectivity index (χ1v) is 8.68. The van der Waals surface area contributed by atoms with Crippen LogP contribution in [0.2, 0.25) is 0 Å². The number of nitrogens with zero attached hydrogens (tertiary/aromatic N) is 2. The smallest absolute Gasteiger partial charge is 0.442 e. The number of hydrogen-bond acceptors (Lipinski definition) is 6. The van der Waals surface area contributed by atoms with Crippen LogP contribution in [0.1, 0.15) is 48.5 Å². The van der Waals surface area contributed by atoms with Crippen molar-refractivity contribution in [3.05, 3.63) is 18.2 Å². The Balaban J connectivity index is 1.96. The van der Waals surface area contributed by atoms with Gasteiger partial charge in [0.05, 0.1) is 16.7 Å². The number of fused-ring (bicyclic) bond motifs is 1. The van der Waals surface area contributed by atoms with E-state index in [-0.39, 0.29) is 5.82 Å². The number of carbonyl (C=O) groups is 1. The van der Waals surface area contributed by atoms with E-state index in [4.69, 9.17) is 19.8 Å². The first-order chi connectivity index (χ1) is 11.8. The molecule has 1 aromatic heterocycles. The van der Waals surface area contributed by atoms with Gasteiger partial charge in [0.15, 0.2) is 5.82 Å². The lowest BCUT2D eigenvalue weighted by atomic mass is 9.78. The van der Waals surface area contributed by atoms with Crippen molar-refractivity contribution in [3.8, 4) is 0 Å². The number of hydrogen-bond donors (Lipinski definition) is 1. The molecule has 0 aliphatic carbocycles. The summed E-state index contributed by atoms with van der Waals surface area (Å²) >= 11 is 0. The van der Waals surface area contributed by atoms with Gasteiger partial charge in [0.1, 0.15) is 5.60 Å². The third-order valence-corrected chi connectivity index (χ3v) is 4.82. The number of carbonyl (C=O) groups excluding carboxylic acids is 1. The van der Waals surface area contributed by atoms with Gasteiger partial charge in [0, 0.05) is 5.39 Å². The summed E-state index contributed by atoms with van der Waals surface area (Å²) < 4.78 is 18.7. The minimum Gasteiger partial charge on any atom is -0.442 e. The van der Waals surface area contributed by atoms with Crippen molar-refractivity contribution in [1.82, 2.24) is 9.78 Å². The van der Waals surface area contributed by atoms with Gasteiger partial charge in [-0.25, -0.2) is 4.79 Å². The molecule has 0 spiro atoms. The zero-order valence-corrected chi connectivity index (χ0v) is 16.4. The summed E-state index contributed by atoms with van der Waals surface area (Å²) in [7, 11) is -0.506. The Morgan fingerprint density at radius 3 is 2.31 bits per heavy atom. The lowest BCUT2D eigenvalue weighted by Gasteiger charge is -2.32. The molecule has 1 fully saturated rings. The average molecular weight is 359 g/mol. The van der Waals surface area contributed by atoms with E-state index in [1.807, 2.05) is 39.8 Å². The predicted octanol–water partition coefficient (Wildman–Crippen LogP) is 2.70. The standard InChI is InChI=1S/C18H26BN3O4/c1-16(2,3)24-15(23)22-13-9-8-11(10-12(13)14(20)21-22)19-25-17(4,5)18(6,7)26-19/h8-10H,1-7H3,(H2,20,21). The van der Waals surface area contributed by atoms with Crippen LogP contribution in [-0.4, -0.2) is 39.8 Å². The van der Waals surface area contributed by atoms with Crippen molar-refractivity contribution in [2.75, 3.05) is 5.73 Å². The maximum absolute atomic E-state index is 12.4. The summed E-state index contributed by atoms with van der Waals surface area (Å²) in [4.78, 5) is 12.4. The van der Waals surface area contributed by atoms with Gasteiger partial charge in [0.2, 0.25) is 0 Å². The second-order valence-electron chi connectivity index (χ2n) is 8.64. The van der Waals surface area contributed by atoms with Gasteiger partial charge in [0.25, 0.3) is 0 Å². The lowest BCUT2D eigenvalue weighted by Crippen LogP contribution is -2.41. The molecule has 0 amide bonds. The Labute approximate surface area is 153 Å². The molecule has 0 saturated carbocycles. The normalized spacial score (nSPS) is 19.1. The zero-order valence-electron chi connectivity index (χ0n) is 16.4. The van der Waals surface area contributed by atoms with Crippen LogP contribution in [0.3, 0.4) is 0 Å². The molecule has 1 aliphatic rings. The van der Waals surface area contributed by atoms with Crippen LogP contribution in [0, 0.1) is 0 Å². The SMILES string of the molecule is CC(C)(C)OC(=O)n1nc(N)c2cc(B3OC(C)(C)C(C)(C)O3)ccc21. The van der Waals surface area contributed by atoms with Gasteiger partial charge < -0.3 is 19.8 Å². The van der Waals surface area contributed by atoms with Crippen molar-refractivity contribution in [2.45, 2.75) is 65.3 Å². The third kappa shape index (κ3) is 3.19. The van der Waals surface area contributed by atoms with E-state index >= 15 is 0 Å². The molecule has 0 unspecified atom stereocenters. The molecule has 2 heterocycles. The molecular weight excluding hydrogens is 333 g/mol. The molecule has 0 atom stereocenters. The molecule has 1 saturated heterocycles. The molecule has 2 aromatic rings. The van der Waals surface area contributed by atoms with Crippen LogP contribution in [0.5, 0.6) is 0 Å². The summed E-state index contributed by atoms with van der Waals surface area (Å²) in [6, 6.07) is 5.48. The third-order valence-electron chi connectivity index (χ3n) is 4.82. The van der Waals surface area contributed by atoms with Crippen LogP contribution in [0.25, 0.3) is 10.9 Å². The van der Waals surface area contributed by atoms with Gasteiger partial charge in [-0.1, -0.05) is 6.07 Å². The second-order valence-corrected chi connectivity index (χ2v) is 8.64. The van der Waals surface area contributed by atoms with Gasteiger partial charge in [-0.2, -0.15) is 4.68 Å². The highest BCUT2D eigenvalue weighted by molar-refractivity contribution is 6.62. The molecule has 26 heavy (non-hydrogen) atoms. The molecule has 1 aromatic carbocycles. The summed E-state index contributed by atoms with van der Waals surface area (Å²) in [6.07, 6.45) is -0.567. The second kappa shape index (κ2) is 5.72. The van der Waals surface area contributed by atoms with E-state index in [0.717, 1.165) is 5.46 Å². The number of anilines is 1. The summed E-state index contributed by atoms with van der Waals surface area (Å²) in [5.41, 5.74) is 5.96. The topological polar surface area (TPSA) is 88.6 Å². The van der Waals surface area contributed by atoms with Crippen LogP contribution < -0.4 is 11.2 Å². The van der Waals surface area contributed by atoms with Crippen LogP contribution in [0.15, 0.2) is 18.2 Å². The van der Waals surface area contributed by atoms with E-state index in [1.165, 1.54) is 4.68 Å². The Kier molecular flexibility index (Phi) is 4.12. The maximum Gasteiger partial charge on any atom is 0.494 e. The van der Waals surface area contributed by atoms with Crippen molar-refractivity contribution < 1.29 is 18.8 Å². The number of nitrogen functional groups attached to an aromatic ring is 1. The first-order valence-electron chi connectivity index (χ1n) is 8.68.